The van der Waals surface area contributed by atoms with Gasteiger partial charge in [0.1, 0.15) is 0 Å². The van der Waals surface area contributed by atoms with Crippen LogP contribution in [0.25, 0.3) is 21.5 Å². The Morgan fingerprint density at radius 2 is 1.91 bits per heavy atom. The van der Waals surface area contributed by atoms with Crippen molar-refractivity contribution in [1.29, 1.82) is 0 Å². The Morgan fingerprint density at radius 3 is 2.74 bits per heavy atom. The number of thiophene rings is 2. The van der Waals surface area contributed by atoms with Gasteiger partial charge in [-0.2, -0.15) is 11.3 Å². The maximum atomic E-state index is 12.4. The molecule has 3 heterocycles. The average Bonchev–Trinajstić information content (AvgIpc) is 3.26. The Morgan fingerprint density at radius 1 is 1.04 bits per heavy atom. The molecule has 4 rings (SSSR count). The van der Waals surface area contributed by atoms with Crippen LogP contribution in [0.1, 0.15) is 9.67 Å². The van der Waals surface area contributed by atoms with Crippen molar-refractivity contribution >= 4 is 45.3 Å². The lowest BCUT2D eigenvalue weighted by Crippen LogP contribution is -2.09. The van der Waals surface area contributed by atoms with Crippen LogP contribution in [0.4, 0.5) is 5.69 Å². The van der Waals surface area contributed by atoms with E-state index in [0.29, 0.717) is 21.6 Å². The zero-order chi connectivity index (χ0) is 15.8. The number of rotatable bonds is 3. The van der Waals surface area contributed by atoms with Gasteiger partial charge in [0.2, 0.25) is 0 Å². The van der Waals surface area contributed by atoms with E-state index < -0.39 is 0 Å². The van der Waals surface area contributed by atoms with Gasteiger partial charge in [-0.15, -0.1) is 11.3 Å². The standard InChI is InChI=1S/C16H11N3O2S2/c20-15(14-4-3-13(23-14)9-5-6-22-8-9)17-10-1-2-11-12(7-10)19-16(21)18-11/h1-8H,(H,17,20)(H2,18,19,21). The number of imidazole rings is 1. The lowest BCUT2D eigenvalue weighted by Gasteiger charge is -2.03. The molecule has 0 fully saturated rings. The molecule has 3 N–H and O–H groups in total. The van der Waals surface area contributed by atoms with Gasteiger partial charge < -0.3 is 15.3 Å². The summed E-state index contributed by atoms with van der Waals surface area (Å²) < 4.78 is 0. The molecule has 0 aliphatic carbocycles. The predicted molar refractivity (Wildman–Crippen MR) is 94.5 cm³/mol. The second-order valence-corrected chi connectivity index (χ2v) is 6.83. The Balaban J connectivity index is 1.57. The number of aromatic amines is 2. The summed E-state index contributed by atoms with van der Waals surface area (Å²) in [7, 11) is 0. The highest BCUT2D eigenvalue weighted by Crippen LogP contribution is 2.30. The van der Waals surface area contributed by atoms with Crippen LogP contribution in [-0.2, 0) is 0 Å². The first-order valence-electron chi connectivity index (χ1n) is 6.85. The fourth-order valence-electron chi connectivity index (χ4n) is 2.32. The molecule has 23 heavy (non-hydrogen) atoms. The Labute approximate surface area is 138 Å². The number of hydrogen-bond acceptors (Lipinski definition) is 4. The smallest absolute Gasteiger partial charge is 0.321 e. The zero-order valence-corrected chi connectivity index (χ0v) is 13.4. The molecule has 0 radical (unpaired) electrons. The van der Waals surface area contributed by atoms with Crippen LogP contribution in [-0.4, -0.2) is 15.9 Å². The van der Waals surface area contributed by atoms with Gasteiger partial charge in [-0.3, -0.25) is 4.79 Å². The van der Waals surface area contributed by atoms with Crippen LogP contribution in [0.15, 0.2) is 52.0 Å². The summed E-state index contributed by atoms with van der Waals surface area (Å²) in [6, 6.07) is 11.1. The van der Waals surface area contributed by atoms with E-state index in [4.69, 9.17) is 0 Å². The third-order valence-corrected chi connectivity index (χ3v) is 5.23. The van der Waals surface area contributed by atoms with Crippen LogP contribution >= 0.6 is 22.7 Å². The quantitative estimate of drug-likeness (QED) is 0.528. The van der Waals surface area contributed by atoms with Gasteiger partial charge in [-0.1, -0.05) is 0 Å². The Bertz CT molecular complexity index is 1040. The summed E-state index contributed by atoms with van der Waals surface area (Å²) in [5, 5.41) is 6.93. The molecule has 0 spiro atoms. The van der Waals surface area contributed by atoms with Crippen molar-refractivity contribution in [2.45, 2.75) is 0 Å². The normalized spacial score (nSPS) is 11.0. The number of hydrogen-bond donors (Lipinski definition) is 3. The molecular formula is C16H11N3O2S2. The monoisotopic (exact) mass is 341 g/mol. The molecule has 0 saturated carbocycles. The van der Waals surface area contributed by atoms with Gasteiger partial charge in [0.25, 0.3) is 5.91 Å². The fraction of sp³-hybridized carbons (Fsp3) is 0. The maximum absolute atomic E-state index is 12.4. The number of nitrogens with one attached hydrogen (secondary N) is 3. The Kier molecular flexibility index (Phi) is 3.36. The minimum Gasteiger partial charge on any atom is -0.321 e. The van der Waals surface area contributed by atoms with E-state index in [2.05, 4.69) is 20.7 Å². The summed E-state index contributed by atoms with van der Waals surface area (Å²) in [6.45, 7) is 0. The SMILES string of the molecule is O=C(Nc1ccc2[nH]c(=O)[nH]c2c1)c1ccc(-c2ccsc2)s1. The summed E-state index contributed by atoms with van der Waals surface area (Å²) in [5.74, 6) is -0.159. The summed E-state index contributed by atoms with van der Waals surface area (Å²) in [5.41, 5.74) is 2.89. The number of amides is 1. The second-order valence-electron chi connectivity index (χ2n) is 4.97. The number of fused-ring (bicyclic) bond motifs is 1. The number of carbonyl (C=O) groups excluding carboxylic acids is 1. The highest BCUT2D eigenvalue weighted by molar-refractivity contribution is 7.18. The molecule has 1 amide bonds. The first-order valence-corrected chi connectivity index (χ1v) is 8.61. The molecule has 3 aromatic heterocycles. The Hall–Kier alpha value is -2.64. The van der Waals surface area contributed by atoms with E-state index in [1.807, 2.05) is 23.6 Å². The maximum Gasteiger partial charge on any atom is 0.323 e. The summed E-state index contributed by atoms with van der Waals surface area (Å²) >= 11 is 3.09. The third kappa shape index (κ3) is 2.71. The molecule has 0 atom stereocenters. The summed E-state index contributed by atoms with van der Waals surface area (Å²) in [4.78, 5) is 30.7. The van der Waals surface area contributed by atoms with Gasteiger partial charge >= 0.3 is 5.69 Å². The second kappa shape index (κ2) is 5.53. The van der Waals surface area contributed by atoms with Crippen molar-refractivity contribution in [1.82, 2.24) is 9.97 Å². The summed E-state index contributed by atoms with van der Waals surface area (Å²) in [6.07, 6.45) is 0. The molecule has 0 saturated heterocycles. The fourth-order valence-corrected chi connectivity index (χ4v) is 3.95. The lowest BCUT2D eigenvalue weighted by molar-refractivity contribution is 0.103. The zero-order valence-electron chi connectivity index (χ0n) is 11.8. The molecule has 0 bridgehead atoms. The van der Waals surface area contributed by atoms with E-state index in [1.54, 1.807) is 29.5 Å². The molecule has 5 nitrogen and oxygen atoms in total. The molecule has 0 aliphatic heterocycles. The van der Waals surface area contributed by atoms with E-state index in [9.17, 15) is 9.59 Å². The largest absolute Gasteiger partial charge is 0.323 e. The van der Waals surface area contributed by atoms with Crippen molar-refractivity contribution in [3.8, 4) is 10.4 Å². The molecule has 114 valence electrons. The van der Waals surface area contributed by atoms with E-state index in [0.717, 1.165) is 10.4 Å². The number of carbonyl (C=O) groups is 1. The lowest BCUT2D eigenvalue weighted by atomic mass is 10.2. The average molecular weight is 341 g/mol. The van der Waals surface area contributed by atoms with Crippen LogP contribution in [0.3, 0.4) is 0 Å². The van der Waals surface area contributed by atoms with Gasteiger partial charge in [0.05, 0.1) is 15.9 Å². The highest BCUT2D eigenvalue weighted by Gasteiger charge is 2.11. The van der Waals surface area contributed by atoms with Crippen LogP contribution in [0, 0.1) is 0 Å². The topological polar surface area (TPSA) is 77.8 Å². The number of aromatic nitrogens is 2. The van der Waals surface area contributed by atoms with Crippen molar-refractivity contribution in [2.75, 3.05) is 5.32 Å². The van der Waals surface area contributed by atoms with Gasteiger partial charge in [0, 0.05) is 16.1 Å². The van der Waals surface area contributed by atoms with E-state index in [1.165, 1.54) is 11.3 Å². The molecule has 7 heteroatoms. The molecule has 0 unspecified atom stereocenters. The minimum absolute atomic E-state index is 0.159. The van der Waals surface area contributed by atoms with Crippen LogP contribution in [0.2, 0.25) is 0 Å². The number of benzene rings is 1. The van der Waals surface area contributed by atoms with E-state index >= 15 is 0 Å². The third-order valence-electron chi connectivity index (χ3n) is 3.41. The van der Waals surface area contributed by atoms with Crippen molar-refractivity contribution in [2.24, 2.45) is 0 Å². The molecule has 4 aromatic rings. The van der Waals surface area contributed by atoms with E-state index in [-0.39, 0.29) is 11.6 Å². The van der Waals surface area contributed by atoms with Crippen molar-refractivity contribution < 1.29 is 4.79 Å². The molecular weight excluding hydrogens is 330 g/mol. The van der Waals surface area contributed by atoms with Crippen LogP contribution < -0.4 is 11.0 Å². The van der Waals surface area contributed by atoms with Gasteiger partial charge in [0.15, 0.2) is 0 Å². The number of H-pyrrole nitrogens is 2. The first kappa shape index (κ1) is 14.0. The number of anilines is 1. The predicted octanol–water partition coefficient (Wildman–Crippen LogP) is 3.90. The van der Waals surface area contributed by atoms with Gasteiger partial charge in [-0.05, 0) is 47.2 Å². The van der Waals surface area contributed by atoms with Gasteiger partial charge in [-0.25, -0.2) is 4.79 Å². The molecule has 1 aromatic carbocycles. The van der Waals surface area contributed by atoms with Crippen molar-refractivity contribution in [3.63, 3.8) is 0 Å². The molecule has 0 aliphatic rings. The minimum atomic E-state index is -0.262. The van der Waals surface area contributed by atoms with Crippen LogP contribution in [0.5, 0.6) is 0 Å². The van der Waals surface area contributed by atoms with Crippen molar-refractivity contribution in [3.05, 3.63) is 62.5 Å². The first-order chi connectivity index (χ1) is 11.2. The highest BCUT2D eigenvalue weighted by atomic mass is 32.1.